The molecule has 132 valence electrons. The van der Waals surface area contributed by atoms with E-state index in [1.807, 2.05) is 6.07 Å². The van der Waals surface area contributed by atoms with Gasteiger partial charge in [0, 0.05) is 54.4 Å². The molecule has 3 heterocycles. The fourth-order valence-electron chi connectivity index (χ4n) is 3.32. The van der Waals surface area contributed by atoms with Crippen molar-refractivity contribution in [2.45, 2.75) is 25.8 Å². The summed E-state index contributed by atoms with van der Waals surface area (Å²) in [5, 5.41) is 14.7. The van der Waals surface area contributed by atoms with E-state index in [0.717, 1.165) is 42.6 Å². The van der Waals surface area contributed by atoms with Gasteiger partial charge >= 0.3 is 0 Å². The molecular formula is C18H22ClN5O. The van der Waals surface area contributed by atoms with Crippen molar-refractivity contribution in [1.82, 2.24) is 25.8 Å². The van der Waals surface area contributed by atoms with Gasteiger partial charge in [0.25, 0.3) is 5.91 Å². The highest BCUT2D eigenvalue weighted by molar-refractivity contribution is 5.94. The number of aromatic nitrogens is 3. The molecule has 0 saturated carbocycles. The number of halogens is 1. The maximum atomic E-state index is 12.3. The summed E-state index contributed by atoms with van der Waals surface area (Å²) in [6, 6.07) is 8.29. The number of H-pyrrole nitrogens is 2. The van der Waals surface area contributed by atoms with Crippen molar-refractivity contribution < 1.29 is 4.79 Å². The predicted molar refractivity (Wildman–Crippen MR) is 100 cm³/mol. The molecule has 3 aromatic rings. The predicted octanol–water partition coefficient (Wildman–Crippen LogP) is 2.32. The van der Waals surface area contributed by atoms with E-state index in [4.69, 9.17) is 0 Å². The van der Waals surface area contributed by atoms with Gasteiger partial charge in [-0.05, 0) is 24.5 Å². The number of carbonyl (C=O) groups excluding carboxylic acids is 1. The monoisotopic (exact) mass is 359 g/mol. The third kappa shape index (κ3) is 3.55. The summed E-state index contributed by atoms with van der Waals surface area (Å²) >= 11 is 0. The molecule has 0 bridgehead atoms. The lowest BCUT2D eigenvalue weighted by molar-refractivity contribution is 0.0947. The van der Waals surface area contributed by atoms with Gasteiger partial charge in [-0.25, -0.2) is 0 Å². The van der Waals surface area contributed by atoms with Gasteiger partial charge in [-0.15, -0.1) is 12.4 Å². The Kier molecular flexibility index (Phi) is 5.40. The average molecular weight is 360 g/mol. The third-order valence-corrected chi connectivity index (χ3v) is 4.60. The number of rotatable bonds is 5. The van der Waals surface area contributed by atoms with Crippen molar-refractivity contribution in [2.75, 3.05) is 13.1 Å². The van der Waals surface area contributed by atoms with Crippen LogP contribution in [0.25, 0.3) is 10.9 Å². The smallest absolute Gasteiger partial charge is 0.272 e. The molecule has 6 nitrogen and oxygen atoms in total. The minimum atomic E-state index is -0.0878. The highest BCUT2D eigenvalue weighted by atomic mass is 35.5. The van der Waals surface area contributed by atoms with Crippen LogP contribution in [0.1, 0.15) is 33.7 Å². The lowest BCUT2D eigenvalue weighted by atomic mass is 10.1. The van der Waals surface area contributed by atoms with Crippen LogP contribution in [0.5, 0.6) is 0 Å². The molecule has 1 aliphatic heterocycles. The maximum Gasteiger partial charge on any atom is 0.272 e. The SMILES string of the molecule is Cl.O=C(NCCCc1c[nH]c2ccccc12)c1n[nH]c2c1CNCC2. The maximum absolute atomic E-state index is 12.3. The Morgan fingerprint density at radius 2 is 2.16 bits per heavy atom. The van der Waals surface area contributed by atoms with Crippen LogP contribution in [0.2, 0.25) is 0 Å². The van der Waals surface area contributed by atoms with Crippen molar-refractivity contribution in [3.05, 3.63) is 53.0 Å². The van der Waals surface area contributed by atoms with Crippen LogP contribution in [0, 0.1) is 0 Å². The quantitative estimate of drug-likeness (QED) is 0.527. The number of aryl methyl sites for hydroxylation is 1. The van der Waals surface area contributed by atoms with Gasteiger partial charge in [-0.3, -0.25) is 9.89 Å². The number of nitrogens with one attached hydrogen (secondary N) is 4. The van der Waals surface area contributed by atoms with E-state index in [2.05, 4.69) is 50.2 Å². The zero-order valence-electron chi connectivity index (χ0n) is 13.9. The summed E-state index contributed by atoms with van der Waals surface area (Å²) in [6.45, 7) is 2.29. The summed E-state index contributed by atoms with van der Waals surface area (Å²) in [5.74, 6) is -0.0878. The molecule has 2 aromatic heterocycles. The summed E-state index contributed by atoms with van der Waals surface area (Å²) in [7, 11) is 0. The first-order chi connectivity index (χ1) is 11.8. The van der Waals surface area contributed by atoms with Gasteiger partial charge in [-0.2, -0.15) is 5.10 Å². The lowest BCUT2D eigenvalue weighted by Gasteiger charge is -2.12. The van der Waals surface area contributed by atoms with E-state index in [0.29, 0.717) is 18.8 Å². The Labute approximate surface area is 152 Å². The molecule has 4 N–H and O–H groups in total. The summed E-state index contributed by atoms with van der Waals surface area (Å²) < 4.78 is 0. The minimum Gasteiger partial charge on any atom is -0.361 e. The minimum absolute atomic E-state index is 0. The number of benzene rings is 1. The average Bonchev–Trinajstić information content (AvgIpc) is 3.23. The fourth-order valence-corrected chi connectivity index (χ4v) is 3.32. The summed E-state index contributed by atoms with van der Waals surface area (Å²) in [4.78, 5) is 15.6. The van der Waals surface area contributed by atoms with E-state index in [9.17, 15) is 4.79 Å². The Balaban J connectivity index is 0.00000182. The molecule has 0 spiro atoms. The second kappa shape index (κ2) is 7.72. The van der Waals surface area contributed by atoms with E-state index in [1.54, 1.807) is 0 Å². The van der Waals surface area contributed by atoms with Gasteiger partial charge in [0.15, 0.2) is 5.69 Å². The molecule has 25 heavy (non-hydrogen) atoms. The van der Waals surface area contributed by atoms with Crippen LogP contribution in [0.4, 0.5) is 0 Å². The van der Waals surface area contributed by atoms with E-state index in [1.165, 1.54) is 10.9 Å². The first kappa shape index (κ1) is 17.5. The number of nitrogens with zero attached hydrogens (tertiary/aromatic N) is 1. The molecule has 0 saturated heterocycles. The number of carbonyl (C=O) groups is 1. The molecule has 1 aromatic carbocycles. The fraction of sp³-hybridized carbons (Fsp3) is 0.333. The highest BCUT2D eigenvalue weighted by Gasteiger charge is 2.21. The normalized spacial score (nSPS) is 13.3. The number of fused-ring (bicyclic) bond motifs is 2. The highest BCUT2D eigenvalue weighted by Crippen LogP contribution is 2.19. The zero-order valence-corrected chi connectivity index (χ0v) is 14.7. The zero-order chi connectivity index (χ0) is 16.4. The van der Waals surface area contributed by atoms with Crippen molar-refractivity contribution in [2.24, 2.45) is 0 Å². The Morgan fingerprint density at radius 3 is 3.08 bits per heavy atom. The number of amides is 1. The van der Waals surface area contributed by atoms with Crippen molar-refractivity contribution in [1.29, 1.82) is 0 Å². The molecule has 0 fully saturated rings. The topological polar surface area (TPSA) is 85.6 Å². The van der Waals surface area contributed by atoms with Gasteiger partial charge < -0.3 is 15.6 Å². The molecule has 0 radical (unpaired) electrons. The van der Waals surface area contributed by atoms with Crippen LogP contribution >= 0.6 is 12.4 Å². The van der Waals surface area contributed by atoms with Gasteiger partial charge in [0.2, 0.25) is 0 Å². The van der Waals surface area contributed by atoms with Gasteiger partial charge in [-0.1, -0.05) is 18.2 Å². The third-order valence-electron chi connectivity index (χ3n) is 4.60. The van der Waals surface area contributed by atoms with E-state index < -0.39 is 0 Å². The van der Waals surface area contributed by atoms with Crippen molar-refractivity contribution >= 4 is 29.2 Å². The summed E-state index contributed by atoms with van der Waals surface area (Å²) in [6.07, 6.45) is 4.79. The van der Waals surface area contributed by atoms with Crippen LogP contribution in [-0.2, 0) is 19.4 Å². The standard InChI is InChI=1S/C18H21N5O.ClH/c24-18(17-14-11-19-9-7-16(14)22-23-17)20-8-3-4-12-10-21-15-6-2-1-5-13(12)15;/h1-2,5-6,10,19,21H,3-4,7-9,11H2,(H,20,24)(H,22,23);1H. The van der Waals surface area contributed by atoms with E-state index >= 15 is 0 Å². The van der Waals surface area contributed by atoms with Crippen LogP contribution in [-0.4, -0.2) is 34.2 Å². The first-order valence-electron chi connectivity index (χ1n) is 8.43. The number of aromatic amines is 2. The Bertz CT molecular complexity index is 869. The van der Waals surface area contributed by atoms with Crippen LogP contribution in [0.15, 0.2) is 30.5 Å². The number of hydrogen-bond acceptors (Lipinski definition) is 3. The molecule has 1 amide bonds. The number of para-hydroxylation sites is 1. The molecule has 7 heteroatoms. The lowest BCUT2D eigenvalue weighted by Crippen LogP contribution is -2.29. The first-order valence-corrected chi connectivity index (χ1v) is 8.43. The Morgan fingerprint density at radius 1 is 1.28 bits per heavy atom. The van der Waals surface area contributed by atoms with Gasteiger partial charge in [0.05, 0.1) is 0 Å². The summed E-state index contributed by atoms with van der Waals surface area (Å²) in [5.41, 5.74) is 5.07. The van der Waals surface area contributed by atoms with Crippen molar-refractivity contribution in [3.8, 4) is 0 Å². The molecule has 1 aliphatic rings. The van der Waals surface area contributed by atoms with Crippen LogP contribution in [0.3, 0.4) is 0 Å². The largest absolute Gasteiger partial charge is 0.361 e. The molecule has 0 atom stereocenters. The number of hydrogen-bond donors (Lipinski definition) is 4. The molecule has 4 rings (SSSR count). The van der Waals surface area contributed by atoms with Crippen molar-refractivity contribution in [3.63, 3.8) is 0 Å². The van der Waals surface area contributed by atoms with Crippen LogP contribution < -0.4 is 10.6 Å². The molecule has 0 unspecified atom stereocenters. The Hall–Kier alpha value is -2.31. The molecule has 0 aliphatic carbocycles. The second-order valence-electron chi connectivity index (χ2n) is 6.18. The second-order valence-corrected chi connectivity index (χ2v) is 6.18. The molecular weight excluding hydrogens is 338 g/mol. The van der Waals surface area contributed by atoms with E-state index in [-0.39, 0.29) is 18.3 Å². The van der Waals surface area contributed by atoms with Gasteiger partial charge in [0.1, 0.15) is 0 Å².